The number of hydrogen-bond donors (Lipinski definition) is 1. The Balaban J connectivity index is 1.35. The number of amides is 1. The number of aromatic nitrogens is 2. The molecule has 162 valence electrons. The molecule has 1 N–H and O–H groups in total. The van der Waals surface area contributed by atoms with E-state index in [0.717, 1.165) is 24.2 Å². The number of carbonyl (C=O) groups is 1. The van der Waals surface area contributed by atoms with Crippen LogP contribution in [0.2, 0.25) is 5.02 Å². The van der Waals surface area contributed by atoms with Gasteiger partial charge in [-0.15, -0.1) is 11.3 Å². The minimum atomic E-state index is -0.187. The molecule has 0 spiro atoms. The van der Waals surface area contributed by atoms with Crippen LogP contribution in [0, 0.1) is 6.92 Å². The van der Waals surface area contributed by atoms with E-state index in [1.807, 2.05) is 30.0 Å². The Bertz CT molecular complexity index is 1390. The highest BCUT2D eigenvalue weighted by Gasteiger charge is 2.24. The molecule has 0 fully saturated rings. The van der Waals surface area contributed by atoms with Crippen LogP contribution in [0.3, 0.4) is 0 Å². The summed E-state index contributed by atoms with van der Waals surface area (Å²) < 4.78 is 1.42. The second kappa shape index (κ2) is 8.41. The van der Waals surface area contributed by atoms with Gasteiger partial charge in [0.05, 0.1) is 17.3 Å². The van der Waals surface area contributed by atoms with Crippen molar-refractivity contribution in [3.05, 3.63) is 96.7 Å². The number of benzene rings is 1. The van der Waals surface area contributed by atoms with Gasteiger partial charge in [0.15, 0.2) is 0 Å². The van der Waals surface area contributed by atoms with Crippen molar-refractivity contribution >= 4 is 40.2 Å². The number of hydrogen-bond acceptors (Lipinski definition) is 5. The highest BCUT2D eigenvalue weighted by atomic mass is 35.5. The molecular weight excluding hydrogens is 444 g/mol. The van der Waals surface area contributed by atoms with Crippen LogP contribution in [0.25, 0.3) is 5.65 Å². The van der Waals surface area contributed by atoms with Crippen molar-refractivity contribution in [3.63, 3.8) is 0 Å². The summed E-state index contributed by atoms with van der Waals surface area (Å²) in [6, 6.07) is 12.7. The van der Waals surface area contributed by atoms with E-state index in [-0.39, 0.29) is 11.5 Å². The molecule has 0 radical (unpaired) electrons. The van der Waals surface area contributed by atoms with Gasteiger partial charge in [-0.1, -0.05) is 17.7 Å². The predicted octanol–water partition coefficient (Wildman–Crippen LogP) is 4.53. The maximum atomic E-state index is 13.2. The number of rotatable bonds is 4. The Morgan fingerprint density at radius 1 is 1.25 bits per heavy atom. The van der Waals surface area contributed by atoms with Crippen LogP contribution in [-0.4, -0.2) is 26.7 Å². The molecule has 0 saturated heterocycles. The molecule has 0 saturated carbocycles. The average molecular weight is 465 g/mol. The van der Waals surface area contributed by atoms with Gasteiger partial charge in [0.2, 0.25) is 0 Å². The predicted molar refractivity (Wildman–Crippen MR) is 128 cm³/mol. The molecule has 0 aliphatic carbocycles. The van der Waals surface area contributed by atoms with E-state index in [1.165, 1.54) is 20.9 Å². The lowest BCUT2D eigenvalue weighted by molar-refractivity contribution is 0.0735. The van der Waals surface area contributed by atoms with Crippen molar-refractivity contribution in [1.29, 1.82) is 0 Å². The molecule has 8 heteroatoms. The van der Waals surface area contributed by atoms with Crippen LogP contribution in [0.15, 0.2) is 58.8 Å². The van der Waals surface area contributed by atoms with Crippen LogP contribution in [0.4, 0.5) is 5.69 Å². The lowest BCUT2D eigenvalue weighted by atomic mass is 10.0. The fourth-order valence-corrected chi connectivity index (χ4v) is 5.10. The molecule has 6 nitrogen and oxygen atoms in total. The van der Waals surface area contributed by atoms with E-state index < -0.39 is 0 Å². The number of nitrogens with zero attached hydrogens (tertiary/aromatic N) is 3. The molecule has 0 bridgehead atoms. The second-order valence-corrected chi connectivity index (χ2v) is 9.28. The zero-order chi connectivity index (χ0) is 22.2. The van der Waals surface area contributed by atoms with Crippen LogP contribution in [0.1, 0.15) is 32.1 Å². The first-order valence-electron chi connectivity index (χ1n) is 10.4. The lowest BCUT2D eigenvalue weighted by Gasteiger charge is -2.28. The summed E-state index contributed by atoms with van der Waals surface area (Å²) in [7, 11) is 0. The number of pyridine rings is 1. The summed E-state index contributed by atoms with van der Waals surface area (Å²) in [5, 5.41) is 5.91. The van der Waals surface area contributed by atoms with Gasteiger partial charge < -0.3 is 10.2 Å². The molecule has 4 heterocycles. The summed E-state index contributed by atoms with van der Waals surface area (Å²) in [5.41, 5.74) is 4.64. The van der Waals surface area contributed by atoms with Crippen molar-refractivity contribution < 1.29 is 4.79 Å². The number of fused-ring (bicyclic) bond motifs is 2. The normalized spacial score (nSPS) is 13.2. The van der Waals surface area contributed by atoms with E-state index in [4.69, 9.17) is 11.6 Å². The Morgan fingerprint density at radius 3 is 3.00 bits per heavy atom. The van der Waals surface area contributed by atoms with E-state index >= 15 is 0 Å². The Kier molecular flexibility index (Phi) is 5.45. The van der Waals surface area contributed by atoms with Crippen molar-refractivity contribution in [2.24, 2.45) is 0 Å². The molecule has 0 atom stereocenters. The van der Waals surface area contributed by atoms with Crippen molar-refractivity contribution in [1.82, 2.24) is 14.3 Å². The number of anilines is 1. The number of halogens is 1. The minimum absolute atomic E-state index is 0.0435. The molecule has 32 heavy (non-hydrogen) atoms. The molecule has 1 amide bonds. The third-order valence-corrected chi connectivity index (χ3v) is 7.04. The van der Waals surface area contributed by atoms with Gasteiger partial charge >= 0.3 is 0 Å². The van der Waals surface area contributed by atoms with Crippen LogP contribution >= 0.6 is 22.9 Å². The first-order chi connectivity index (χ1) is 15.5. The van der Waals surface area contributed by atoms with E-state index in [1.54, 1.807) is 29.7 Å². The number of thiophene rings is 1. The smallest absolute Gasteiger partial charge is 0.258 e. The quantitative estimate of drug-likeness (QED) is 0.482. The van der Waals surface area contributed by atoms with Gasteiger partial charge in [0, 0.05) is 41.5 Å². The summed E-state index contributed by atoms with van der Waals surface area (Å²) in [5.74, 6) is 0.0435. The van der Waals surface area contributed by atoms with Crippen LogP contribution in [-0.2, 0) is 19.5 Å². The molecule has 1 aliphatic heterocycles. The largest absolute Gasteiger partial charge is 0.379 e. The summed E-state index contributed by atoms with van der Waals surface area (Å²) in [6.07, 6.45) is 2.46. The monoisotopic (exact) mass is 464 g/mol. The third-order valence-electron chi connectivity index (χ3n) is 5.80. The van der Waals surface area contributed by atoms with Gasteiger partial charge in [0.25, 0.3) is 11.5 Å². The van der Waals surface area contributed by atoms with E-state index in [2.05, 4.69) is 21.7 Å². The number of carbonyl (C=O) groups excluding carboxylic acids is 1. The van der Waals surface area contributed by atoms with Gasteiger partial charge in [-0.05, 0) is 60.2 Å². The molecule has 1 aromatic carbocycles. The standard InChI is InChI=1S/C24H21ClN4O2S/c1-15-19(24(31)28-9-7-21-16(13-28)8-10-32-21)3-2-4-20(15)26-12-18-11-23(30)29-14-17(25)5-6-22(29)27-18/h2-6,8,10-11,14,26H,7,9,12-13H2,1H3. The number of nitrogens with one attached hydrogen (secondary N) is 1. The zero-order valence-corrected chi connectivity index (χ0v) is 19.0. The molecule has 1 aliphatic rings. The highest BCUT2D eigenvalue weighted by molar-refractivity contribution is 7.10. The molecular formula is C24H21ClN4O2S. The summed E-state index contributed by atoms with van der Waals surface area (Å²) in [6.45, 7) is 3.71. The molecule has 0 unspecified atom stereocenters. The van der Waals surface area contributed by atoms with Gasteiger partial charge in [0.1, 0.15) is 5.65 Å². The van der Waals surface area contributed by atoms with Gasteiger partial charge in [-0.25, -0.2) is 4.98 Å². The SMILES string of the molecule is Cc1c(NCc2cc(=O)n3cc(Cl)ccc3n2)cccc1C(=O)N1CCc2sccc2C1. The Labute approximate surface area is 194 Å². The third kappa shape index (κ3) is 3.89. The molecule has 4 aromatic rings. The summed E-state index contributed by atoms with van der Waals surface area (Å²) >= 11 is 7.74. The maximum Gasteiger partial charge on any atom is 0.258 e. The Morgan fingerprint density at radius 2 is 2.12 bits per heavy atom. The minimum Gasteiger partial charge on any atom is -0.379 e. The van der Waals surface area contributed by atoms with Crippen molar-refractivity contribution in [2.75, 3.05) is 11.9 Å². The zero-order valence-electron chi connectivity index (χ0n) is 17.5. The average Bonchev–Trinajstić information content (AvgIpc) is 3.26. The first kappa shape index (κ1) is 20.7. The molecule has 3 aromatic heterocycles. The highest BCUT2D eigenvalue weighted by Crippen LogP contribution is 2.27. The molecule has 5 rings (SSSR count). The van der Waals surface area contributed by atoms with Crippen LogP contribution < -0.4 is 10.9 Å². The van der Waals surface area contributed by atoms with Crippen LogP contribution in [0.5, 0.6) is 0 Å². The van der Waals surface area contributed by atoms with E-state index in [9.17, 15) is 9.59 Å². The fraction of sp³-hybridized carbons (Fsp3) is 0.208. The summed E-state index contributed by atoms with van der Waals surface area (Å²) in [4.78, 5) is 33.5. The fourth-order valence-electron chi connectivity index (χ4n) is 4.05. The van der Waals surface area contributed by atoms with Gasteiger partial charge in [-0.3, -0.25) is 14.0 Å². The maximum absolute atomic E-state index is 13.2. The lowest BCUT2D eigenvalue weighted by Crippen LogP contribution is -2.35. The van der Waals surface area contributed by atoms with Crippen molar-refractivity contribution in [3.8, 4) is 0 Å². The topological polar surface area (TPSA) is 66.7 Å². The first-order valence-corrected chi connectivity index (χ1v) is 11.6. The Hall–Kier alpha value is -3.16. The van der Waals surface area contributed by atoms with E-state index in [0.29, 0.717) is 35.0 Å². The van der Waals surface area contributed by atoms with Gasteiger partial charge in [-0.2, -0.15) is 0 Å². The van der Waals surface area contributed by atoms with Crippen molar-refractivity contribution in [2.45, 2.75) is 26.4 Å². The second-order valence-electron chi connectivity index (χ2n) is 7.84.